The first-order chi connectivity index (χ1) is 14.5. The van der Waals surface area contributed by atoms with Crippen molar-refractivity contribution in [2.24, 2.45) is 0 Å². The molecule has 3 rings (SSSR count). The number of aryl methyl sites for hydroxylation is 1. The summed E-state index contributed by atoms with van der Waals surface area (Å²) < 4.78 is 18.4. The van der Waals surface area contributed by atoms with Crippen molar-refractivity contribution >= 4 is 17.6 Å². The van der Waals surface area contributed by atoms with Crippen LogP contribution in [-0.4, -0.2) is 42.8 Å². The molecule has 0 atom stereocenters. The number of ether oxygens (including phenoxy) is 3. The van der Waals surface area contributed by atoms with Crippen molar-refractivity contribution in [3.8, 4) is 17.6 Å². The van der Waals surface area contributed by atoms with Crippen molar-refractivity contribution in [3.05, 3.63) is 41.2 Å². The number of aromatic nitrogens is 1. The van der Waals surface area contributed by atoms with E-state index in [0.717, 1.165) is 17.9 Å². The molecule has 2 heterocycles. The van der Waals surface area contributed by atoms with Gasteiger partial charge in [-0.15, -0.1) is 0 Å². The first kappa shape index (κ1) is 21.2. The lowest BCUT2D eigenvalue weighted by Gasteiger charge is -2.24. The lowest BCUT2D eigenvalue weighted by molar-refractivity contribution is -0.121. The van der Waals surface area contributed by atoms with E-state index < -0.39 is 18.5 Å². The summed E-state index contributed by atoms with van der Waals surface area (Å²) in [5.74, 6) is 0.186. The van der Waals surface area contributed by atoms with Crippen LogP contribution in [0.25, 0.3) is 0 Å². The number of esters is 1. The third-order valence-corrected chi connectivity index (χ3v) is 5.02. The number of anilines is 1. The molecule has 0 unspecified atom stereocenters. The van der Waals surface area contributed by atoms with Gasteiger partial charge in [0.05, 0.1) is 18.1 Å². The zero-order valence-corrected chi connectivity index (χ0v) is 17.4. The van der Waals surface area contributed by atoms with Gasteiger partial charge in [-0.1, -0.05) is 0 Å². The van der Waals surface area contributed by atoms with Crippen molar-refractivity contribution in [2.75, 3.05) is 31.3 Å². The van der Waals surface area contributed by atoms with Gasteiger partial charge < -0.3 is 23.7 Å². The number of benzene rings is 1. The molecule has 0 saturated heterocycles. The van der Waals surface area contributed by atoms with Gasteiger partial charge in [0.25, 0.3) is 5.91 Å². The number of amides is 1. The normalized spacial score (nSPS) is 12.2. The third kappa shape index (κ3) is 4.40. The topological polar surface area (TPSA) is 93.8 Å². The smallest absolute Gasteiger partial charge is 0.340 e. The van der Waals surface area contributed by atoms with Crippen molar-refractivity contribution < 1.29 is 23.8 Å². The molecule has 1 aromatic heterocycles. The first-order valence-corrected chi connectivity index (χ1v) is 9.87. The van der Waals surface area contributed by atoms with Crippen LogP contribution in [0.4, 0.5) is 5.69 Å². The molecule has 0 bridgehead atoms. The average Bonchev–Trinajstić information content (AvgIpc) is 3.05. The van der Waals surface area contributed by atoms with Gasteiger partial charge in [0.15, 0.2) is 18.1 Å². The van der Waals surface area contributed by atoms with Crippen LogP contribution in [-0.2, 0) is 16.1 Å². The summed E-state index contributed by atoms with van der Waals surface area (Å²) >= 11 is 0. The van der Waals surface area contributed by atoms with Gasteiger partial charge in [-0.25, -0.2) is 4.79 Å². The minimum atomic E-state index is -0.543. The van der Waals surface area contributed by atoms with E-state index in [-0.39, 0.29) is 13.0 Å². The minimum Gasteiger partial charge on any atom is -0.486 e. The molecule has 2 aromatic rings. The van der Waals surface area contributed by atoms with Crippen LogP contribution < -0.4 is 14.4 Å². The number of nitrogens with zero attached hydrogens (tertiary/aromatic N) is 3. The quantitative estimate of drug-likeness (QED) is 0.650. The number of carbonyl (C=O) groups is 2. The highest BCUT2D eigenvalue weighted by molar-refractivity contribution is 5.97. The monoisotopic (exact) mass is 411 g/mol. The molecule has 8 heteroatoms. The number of rotatable bonds is 7. The van der Waals surface area contributed by atoms with E-state index in [1.807, 2.05) is 31.4 Å². The fraction of sp³-hybridized carbons (Fsp3) is 0.409. The van der Waals surface area contributed by atoms with Crippen LogP contribution in [0.1, 0.15) is 35.1 Å². The highest BCUT2D eigenvalue weighted by atomic mass is 16.6. The molecule has 8 nitrogen and oxygen atoms in total. The first-order valence-electron chi connectivity index (χ1n) is 9.87. The molecule has 0 spiro atoms. The number of hydrogen-bond donors (Lipinski definition) is 0. The van der Waals surface area contributed by atoms with Crippen molar-refractivity contribution in [3.63, 3.8) is 0 Å². The number of hydrogen-bond acceptors (Lipinski definition) is 6. The van der Waals surface area contributed by atoms with E-state index >= 15 is 0 Å². The Kier molecular flexibility index (Phi) is 6.62. The van der Waals surface area contributed by atoms with Gasteiger partial charge in [0.1, 0.15) is 13.2 Å². The molecule has 1 aliphatic heterocycles. The second-order valence-corrected chi connectivity index (χ2v) is 6.89. The molecular weight excluding hydrogens is 386 g/mol. The summed E-state index contributed by atoms with van der Waals surface area (Å²) in [6.45, 7) is 7.17. The predicted octanol–water partition coefficient (Wildman–Crippen LogP) is 3.00. The van der Waals surface area contributed by atoms with Crippen LogP contribution >= 0.6 is 0 Å². The highest BCUT2D eigenvalue weighted by Crippen LogP contribution is 2.34. The van der Waals surface area contributed by atoms with Crippen LogP contribution in [0.5, 0.6) is 11.5 Å². The summed E-state index contributed by atoms with van der Waals surface area (Å²) in [6.07, 6.45) is 0.145. The second-order valence-electron chi connectivity index (χ2n) is 6.89. The maximum atomic E-state index is 12.8. The van der Waals surface area contributed by atoms with Gasteiger partial charge in [0.2, 0.25) is 0 Å². The van der Waals surface area contributed by atoms with Crippen molar-refractivity contribution in [1.82, 2.24) is 4.57 Å². The molecule has 1 aliphatic rings. The van der Waals surface area contributed by atoms with E-state index in [1.165, 1.54) is 4.90 Å². The second kappa shape index (κ2) is 9.35. The van der Waals surface area contributed by atoms with Gasteiger partial charge >= 0.3 is 5.97 Å². The SMILES string of the molecule is CCn1c(C)cc(C(=O)OCC(=O)N(CCC#N)c2ccc3c(c2)OCCO3)c1C. The maximum Gasteiger partial charge on any atom is 0.340 e. The van der Waals surface area contributed by atoms with Crippen LogP contribution in [0.15, 0.2) is 24.3 Å². The van der Waals surface area contributed by atoms with E-state index in [2.05, 4.69) is 0 Å². The lowest BCUT2D eigenvalue weighted by Crippen LogP contribution is -2.35. The van der Waals surface area contributed by atoms with E-state index in [1.54, 1.807) is 24.3 Å². The Morgan fingerprint density at radius 1 is 1.20 bits per heavy atom. The zero-order chi connectivity index (χ0) is 21.7. The summed E-state index contributed by atoms with van der Waals surface area (Å²) in [5, 5.41) is 8.96. The molecule has 0 saturated carbocycles. The molecule has 30 heavy (non-hydrogen) atoms. The van der Waals surface area contributed by atoms with Crippen molar-refractivity contribution in [1.29, 1.82) is 5.26 Å². The van der Waals surface area contributed by atoms with Crippen LogP contribution in [0, 0.1) is 25.2 Å². The fourth-order valence-corrected chi connectivity index (χ4v) is 3.54. The van der Waals surface area contributed by atoms with E-state index in [9.17, 15) is 9.59 Å². The predicted molar refractivity (Wildman–Crippen MR) is 110 cm³/mol. The highest BCUT2D eigenvalue weighted by Gasteiger charge is 2.22. The summed E-state index contributed by atoms with van der Waals surface area (Å²) in [4.78, 5) is 26.8. The Morgan fingerprint density at radius 3 is 2.60 bits per heavy atom. The fourth-order valence-electron chi connectivity index (χ4n) is 3.54. The van der Waals surface area contributed by atoms with Gasteiger partial charge in [0, 0.05) is 36.2 Å². The van der Waals surface area contributed by atoms with Gasteiger partial charge in [-0.05, 0) is 39.0 Å². The average molecular weight is 411 g/mol. The Labute approximate surface area is 175 Å². The zero-order valence-electron chi connectivity index (χ0n) is 17.4. The summed E-state index contributed by atoms with van der Waals surface area (Å²) in [6, 6.07) is 8.94. The third-order valence-electron chi connectivity index (χ3n) is 5.02. The number of fused-ring (bicyclic) bond motifs is 1. The number of carbonyl (C=O) groups excluding carboxylic acids is 2. The molecule has 1 amide bonds. The Bertz CT molecular complexity index is 989. The Hall–Kier alpha value is -3.47. The van der Waals surface area contributed by atoms with Gasteiger partial charge in [-0.2, -0.15) is 5.26 Å². The molecule has 158 valence electrons. The number of nitriles is 1. The minimum absolute atomic E-state index is 0.145. The molecular formula is C22H25N3O5. The molecule has 0 fully saturated rings. The molecule has 0 radical (unpaired) electrons. The van der Waals surface area contributed by atoms with Crippen molar-refractivity contribution in [2.45, 2.75) is 33.7 Å². The van der Waals surface area contributed by atoms with E-state index in [4.69, 9.17) is 19.5 Å². The Morgan fingerprint density at radius 2 is 1.93 bits per heavy atom. The summed E-state index contributed by atoms with van der Waals surface area (Å²) in [7, 11) is 0. The van der Waals surface area contributed by atoms with Crippen LogP contribution in [0.3, 0.4) is 0 Å². The van der Waals surface area contributed by atoms with E-state index in [0.29, 0.717) is 36.0 Å². The summed E-state index contributed by atoms with van der Waals surface area (Å²) in [5.41, 5.74) is 2.77. The van der Waals surface area contributed by atoms with Gasteiger partial charge in [-0.3, -0.25) is 4.79 Å². The maximum absolute atomic E-state index is 12.8. The van der Waals surface area contributed by atoms with Crippen LogP contribution in [0.2, 0.25) is 0 Å². The largest absolute Gasteiger partial charge is 0.486 e. The standard InChI is InChI=1S/C22H25N3O5/c1-4-24-15(2)12-18(16(24)3)22(27)30-14-21(26)25(9-5-8-23)17-6-7-19-20(13-17)29-11-10-28-19/h6-7,12-13H,4-5,9-11,14H2,1-3H3. The molecule has 1 aromatic carbocycles. The Balaban J connectivity index is 1.73. The molecule has 0 aliphatic carbocycles. The molecule has 0 N–H and O–H groups in total. The lowest BCUT2D eigenvalue weighted by atomic mass is 10.2.